The summed E-state index contributed by atoms with van der Waals surface area (Å²) in [5.41, 5.74) is 5.69. The van der Waals surface area contributed by atoms with Gasteiger partial charge in [0.15, 0.2) is 0 Å². The SMILES string of the molecule is COC(=O)c1cc(NC(=O)c2nonc2N)ccc1Cl. The van der Waals surface area contributed by atoms with Crippen molar-refractivity contribution in [2.24, 2.45) is 0 Å². The summed E-state index contributed by atoms with van der Waals surface area (Å²) in [6.45, 7) is 0. The Morgan fingerprint density at radius 2 is 2.15 bits per heavy atom. The number of esters is 1. The molecule has 20 heavy (non-hydrogen) atoms. The molecule has 0 aliphatic rings. The van der Waals surface area contributed by atoms with Gasteiger partial charge in [-0.25, -0.2) is 9.42 Å². The third kappa shape index (κ3) is 2.69. The van der Waals surface area contributed by atoms with Crippen molar-refractivity contribution in [2.75, 3.05) is 18.2 Å². The van der Waals surface area contributed by atoms with E-state index in [0.717, 1.165) is 0 Å². The predicted molar refractivity (Wildman–Crippen MR) is 69.5 cm³/mol. The number of carbonyl (C=O) groups is 2. The van der Waals surface area contributed by atoms with Crippen molar-refractivity contribution in [3.8, 4) is 0 Å². The van der Waals surface area contributed by atoms with Gasteiger partial charge in [-0.3, -0.25) is 4.79 Å². The van der Waals surface area contributed by atoms with Gasteiger partial charge in [0.1, 0.15) is 0 Å². The molecule has 2 aromatic rings. The van der Waals surface area contributed by atoms with Crippen LogP contribution in [0.5, 0.6) is 0 Å². The summed E-state index contributed by atoms with van der Waals surface area (Å²) in [6, 6.07) is 4.33. The number of rotatable bonds is 3. The molecule has 0 fully saturated rings. The Balaban J connectivity index is 2.24. The predicted octanol–water partition coefficient (Wildman–Crippen LogP) is 1.34. The van der Waals surface area contributed by atoms with Gasteiger partial charge in [0.25, 0.3) is 5.91 Å². The first-order valence-corrected chi connectivity index (χ1v) is 5.68. The highest BCUT2D eigenvalue weighted by Gasteiger charge is 2.17. The van der Waals surface area contributed by atoms with E-state index in [1.807, 2.05) is 0 Å². The van der Waals surface area contributed by atoms with Crippen LogP contribution in [0.25, 0.3) is 0 Å². The number of amides is 1. The van der Waals surface area contributed by atoms with Crippen molar-refractivity contribution in [3.63, 3.8) is 0 Å². The Bertz CT molecular complexity index is 670. The fraction of sp³-hybridized carbons (Fsp3) is 0.0909. The van der Waals surface area contributed by atoms with E-state index in [1.54, 1.807) is 0 Å². The number of benzene rings is 1. The lowest BCUT2D eigenvalue weighted by Crippen LogP contribution is -2.15. The molecule has 0 aliphatic heterocycles. The van der Waals surface area contributed by atoms with E-state index in [9.17, 15) is 9.59 Å². The molecule has 9 heteroatoms. The minimum Gasteiger partial charge on any atom is -0.465 e. The number of nitrogen functional groups attached to an aromatic ring is 1. The van der Waals surface area contributed by atoms with Gasteiger partial charge >= 0.3 is 5.97 Å². The van der Waals surface area contributed by atoms with Crippen LogP contribution in [0.1, 0.15) is 20.8 Å². The molecule has 0 radical (unpaired) electrons. The standard InChI is InChI=1S/C11H9ClN4O4/c1-19-11(18)6-4-5(2-3-7(6)12)14-10(17)8-9(13)16-20-15-8/h2-4H,1H3,(H2,13,16)(H,14,17). The summed E-state index contributed by atoms with van der Waals surface area (Å²) < 4.78 is 8.90. The van der Waals surface area contributed by atoms with E-state index in [4.69, 9.17) is 17.3 Å². The third-order valence-electron chi connectivity index (χ3n) is 2.36. The molecule has 0 unspecified atom stereocenters. The van der Waals surface area contributed by atoms with Crippen molar-refractivity contribution >= 4 is 35.0 Å². The maximum absolute atomic E-state index is 11.8. The van der Waals surface area contributed by atoms with E-state index in [0.29, 0.717) is 5.69 Å². The van der Waals surface area contributed by atoms with Gasteiger partial charge in [0.2, 0.25) is 11.5 Å². The Hall–Kier alpha value is -2.61. The molecule has 8 nitrogen and oxygen atoms in total. The minimum absolute atomic E-state index is 0.123. The van der Waals surface area contributed by atoms with Gasteiger partial charge in [0.05, 0.1) is 17.7 Å². The quantitative estimate of drug-likeness (QED) is 0.820. The molecule has 1 amide bonds. The first-order valence-electron chi connectivity index (χ1n) is 5.30. The molecule has 0 bridgehead atoms. The molecular formula is C11H9ClN4O4. The van der Waals surface area contributed by atoms with Crippen molar-refractivity contribution in [1.82, 2.24) is 10.3 Å². The number of anilines is 2. The maximum Gasteiger partial charge on any atom is 0.339 e. The number of carbonyl (C=O) groups excluding carboxylic acids is 2. The zero-order valence-corrected chi connectivity index (χ0v) is 11.0. The molecule has 0 saturated carbocycles. The highest BCUT2D eigenvalue weighted by molar-refractivity contribution is 6.33. The van der Waals surface area contributed by atoms with Gasteiger partial charge in [0, 0.05) is 5.69 Å². The first kappa shape index (κ1) is 13.8. The monoisotopic (exact) mass is 296 g/mol. The molecule has 0 spiro atoms. The van der Waals surface area contributed by atoms with E-state index in [-0.39, 0.29) is 22.1 Å². The third-order valence-corrected chi connectivity index (χ3v) is 2.69. The average molecular weight is 297 g/mol. The van der Waals surface area contributed by atoms with Gasteiger partial charge in [-0.05, 0) is 28.5 Å². The Labute approximate surface area is 117 Å². The maximum atomic E-state index is 11.8. The second kappa shape index (κ2) is 5.57. The number of ether oxygens (including phenoxy) is 1. The van der Waals surface area contributed by atoms with Gasteiger partial charge in [-0.1, -0.05) is 11.6 Å². The Kier molecular flexibility index (Phi) is 3.85. The van der Waals surface area contributed by atoms with Crippen LogP contribution in [0.15, 0.2) is 22.8 Å². The summed E-state index contributed by atoms with van der Waals surface area (Å²) in [6.07, 6.45) is 0. The molecule has 0 aliphatic carbocycles. The molecule has 1 aromatic carbocycles. The number of nitrogens with one attached hydrogen (secondary N) is 1. The Morgan fingerprint density at radius 1 is 1.40 bits per heavy atom. The second-order valence-corrected chi connectivity index (χ2v) is 4.05. The molecule has 1 aromatic heterocycles. The fourth-order valence-corrected chi connectivity index (χ4v) is 1.61. The highest BCUT2D eigenvalue weighted by Crippen LogP contribution is 2.22. The number of nitrogens with two attached hydrogens (primary N) is 1. The summed E-state index contributed by atoms with van der Waals surface area (Å²) in [7, 11) is 1.23. The largest absolute Gasteiger partial charge is 0.465 e. The second-order valence-electron chi connectivity index (χ2n) is 3.64. The number of methoxy groups -OCH3 is 1. The summed E-state index contributed by atoms with van der Waals surface area (Å²) in [5.74, 6) is -1.37. The number of halogens is 1. The van der Waals surface area contributed by atoms with Crippen LogP contribution >= 0.6 is 11.6 Å². The van der Waals surface area contributed by atoms with Crippen molar-refractivity contribution < 1.29 is 19.0 Å². The summed E-state index contributed by atoms with van der Waals surface area (Å²) in [4.78, 5) is 23.3. The van der Waals surface area contributed by atoms with Crippen LogP contribution in [0.3, 0.4) is 0 Å². The average Bonchev–Trinajstić information content (AvgIpc) is 2.86. The number of hydrogen-bond acceptors (Lipinski definition) is 7. The molecule has 2 rings (SSSR count). The van der Waals surface area contributed by atoms with Crippen molar-refractivity contribution in [1.29, 1.82) is 0 Å². The zero-order valence-electron chi connectivity index (χ0n) is 10.2. The molecule has 3 N–H and O–H groups in total. The van der Waals surface area contributed by atoms with Crippen LogP contribution in [0, 0.1) is 0 Å². The Morgan fingerprint density at radius 3 is 2.75 bits per heavy atom. The van der Waals surface area contributed by atoms with Gasteiger partial charge in [-0.15, -0.1) is 0 Å². The van der Waals surface area contributed by atoms with E-state index < -0.39 is 11.9 Å². The number of hydrogen-bond donors (Lipinski definition) is 2. The van der Waals surface area contributed by atoms with Gasteiger partial charge in [-0.2, -0.15) is 0 Å². The van der Waals surface area contributed by atoms with E-state index >= 15 is 0 Å². The van der Waals surface area contributed by atoms with Crippen molar-refractivity contribution in [3.05, 3.63) is 34.5 Å². The normalized spacial score (nSPS) is 10.1. The number of nitrogens with zero attached hydrogens (tertiary/aromatic N) is 2. The van der Waals surface area contributed by atoms with Crippen LogP contribution in [-0.4, -0.2) is 29.3 Å². The highest BCUT2D eigenvalue weighted by atomic mass is 35.5. The van der Waals surface area contributed by atoms with E-state index in [1.165, 1.54) is 25.3 Å². The molecule has 0 atom stereocenters. The molecule has 104 valence electrons. The first-order chi connectivity index (χ1) is 9.52. The lowest BCUT2D eigenvalue weighted by atomic mass is 10.2. The molecule has 0 saturated heterocycles. The molecular weight excluding hydrogens is 288 g/mol. The zero-order chi connectivity index (χ0) is 14.7. The fourth-order valence-electron chi connectivity index (χ4n) is 1.41. The summed E-state index contributed by atoms with van der Waals surface area (Å²) in [5, 5.41) is 9.34. The van der Waals surface area contributed by atoms with Gasteiger partial charge < -0.3 is 15.8 Å². The lowest BCUT2D eigenvalue weighted by Gasteiger charge is -2.07. The van der Waals surface area contributed by atoms with Crippen LogP contribution in [0.4, 0.5) is 11.5 Å². The van der Waals surface area contributed by atoms with Crippen LogP contribution < -0.4 is 11.1 Å². The lowest BCUT2D eigenvalue weighted by molar-refractivity contribution is 0.0600. The minimum atomic E-state index is -0.623. The molecule has 1 heterocycles. The smallest absolute Gasteiger partial charge is 0.339 e. The van der Waals surface area contributed by atoms with Crippen LogP contribution in [0.2, 0.25) is 5.02 Å². The van der Waals surface area contributed by atoms with Crippen molar-refractivity contribution in [2.45, 2.75) is 0 Å². The van der Waals surface area contributed by atoms with Crippen LogP contribution in [-0.2, 0) is 4.74 Å². The summed E-state index contributed by atoms with van der Waals surface area (Å²) >= 11 is 5.86. The van der Waals surface area contributed by atoms with E-state index in [2.05, 4.69) is 25.0 Å². The topological polar surface area (TPSA) is 120 Å². The number of aromatic nitrogens is 2.